The molecule has 0 aliphatic heterocycles. The molecular formula is C13H9BrF2N2O2. The summed E-state index contributed by atoms with van der Waals surface area (Å²) in [6.07, 6.45) is 0. The minimum Gasteiger partial charge on any atom is -0.478 e. The molecule has 0 unspecified atom stereocenters. The normalized spacial score (nSPS) is 10.3. The van der Waals surface area contributed by atoms with E-state index >= 15 is 0 Å². The Labute approximate surface area is 121 Å². The molecule has 2 aromatic carbocycles. The third-order valence-corrected chi connectivity index (χ3v) is 3.10. The number of halogens is 3. The summed E-state index contributed by atoms with van der Waals surface area (Å²) in [6.45, 7) is 0. The minimum absolute atomic E-state index is 0.0117. The van der Waals surface area contributed by atoms with Crippen LogP contribution in [0.5, 0.6) is 0 Å². The van der Waals surface area contributed by atoms with Gasteiger partial charge in [0, 0.05) is 4.47 Å². The van der Waals surface area contributed by atoms with Crippen molar-refractivity contribution in [3.63, 3.8) is 0 Å². The molecule has 0 saturated carbocycles. The zero-order valence-corrected chi connectivity index (χ0v) is 11.5. The first-order chi connectivity index (χ1) is 9.40. The second-order valence-electron chi connectivity index (χ2n) is 3.94. The number of carboxylic acid groups (broad SMARTS) is 1. The largest absolute Gasteiger partial charge is 0.478 e. The highest BCUT2D eigenvalue weighted by molar-refractivity contribution is 9.10. The average molecular weight is 343 g/mol. The fourth-order valence-corrected chi connectivity index (χ4v) is 2.00. The molecular weight excluding hydrogens is 334 g/mol. The zero-order chi connectivity index (χ0) is 14.9. The monoisotopic (exact) mass is 342 g/mol. The number of hydrogen-bond acceptors (Lipinski definition) is 3. The summed E-state index contributed by atoms with van der Waals surface area (Å²) in [5.74, 6) is -2.83. The highest BCUT2D eigenvalue weighted by Gasteiger charge is 2.18. The second-order valence-corrected chi connectivity index (χ2v) is 4.85. The van der Waals surface area contributed by atoms with Crippen molar-refractivity contribution in [3.05, 3.63) is 52.0 Å². The molecule has 0 aliphatic carbocycles. The van der Waals surface area contributed by atoms with Crippen molar-refractivity contribution in [1.82, 2.24) is 0 Å². The van der Waals surface area contributed by atoms with Crippen molar-refractivity contribution in [2.24, 2.45) is 0 Å². The smallest absolute Gasteiger partial charge is 0.340 e. The van der Waals surface area contributed by atoms with E-state index in [4.69, 9.17) is 10.8 Å². The number of rotatable bonds is 3. The van der Waals surface area contributed by atoms with E-state index in [1.165, 1.54) is 18.2 Å². The van der Waals surface area contributed by atoms with Crippen molar-refractivity contribution in [3.8, 4) is 0 Å². The molecule has 0 fully saturated rings. The molecule has 0 spiro atoms. The molecule has 2 aromatic rings. The summed E-state index contributed by atoms with van der Waals surface area (Å²) in [4.78, 5) is 11.1. The Kier molecular flexibility index (Phi) is 3.89. The summed E-state index contributed by atoms with van der Waals surface area (Å²) >= 11 is 3.11. The quantitative estimate of drug-likeness (QED) is 0.742. The van der Waals surface area contributed by atoms with Gasteiger partial charge in [-0.3, -0.25) is 0 Å². The number of anilines is 3. The van der Waals surface area contributed by atoms with E-state index < -0.39 is 28.9 Å². The lowest BCUT2D eigenvalue weighted by Gasteiger charge is -2.12. The molecule has 0 atom stereocenters. The van der Waals surface area contributed by atoms with Gasteiger partial charge in [-0.05, 0) is 30.3 Å². The third-order valence-electron chi connectivity index (χ3n) is 2.61. The summed E-state index contributed by atoms with van der Waals surface area (Å²) < 4.78 is 27.5. The molecule has 0 aliphatic rings. The number of hydrogen-bond donors (Lipinski definition) is 3. The molecule has 7 heteroatoms. The van der Waals surface area contributed by atoms with E-state index in [0.717, 1.165) is 6.07 Å². The zero-order valence-electron chi connectivity index (χ0n) is 9.95. The van der Waals surface area contributed by atoms with Crippen LogP contribution in [-0.4, -0.2) is 11.1 Å². The molecule has 2 rings (SSSR count). The second kappa shape index (κ2) is 5.46. The van der Waals surface area contributed by atoms with Crippen molar-refractivity contribution in [2.45, 2.75) is 0 Å². The number of carbonyl (C=O) groups is 1. The van der Waals surface area contributed by atoms with Crippen LogP contribution in [-0.2, 0) is 0 Å². The van der Waals surface area contributed by atoms with Gasteiger partial charge in [0.2, 0.25) is 0 Å². The van der Waals surface area contributed by atoms with Crippen molar-refractivity contribution >= 4 is 39.0 Å². The molecule has 104 valence electrons. The van der Waals surface area contributed by atoms with Crippen LogP contribution in [0.15, 0.2) is 34.8 Å². The highest BCUT2D eigenvalue weighted by atomic mass is 79.9. The van der Waals surface area contributed by atoms with E-state index in [1.54, 1.807) is 6.07 Å². The maximum Gasteiger partial charge on any atom is 0.340 e. The molecule has 0 bridgehead atoms. The van der Waals surface area contributed by atoms with Crippen LogP contribution < -0.4 is 11.1 Å². The van der Waals surface area contributed by atoms with Crippen LogP contribution in [0.1, 0.15) is 10.4 Å². The van der Waals surface area contributed by atoms with Gasteiger partial charge in [-0.15, -0.1) is 0 Å². The van der Waals surface area contributed by atoms with Crippen LogP contribution in [0.3, 0.4) is 0 Å². The van der Waals surface area contributed by atoms with Crippen LogP contribution in [0, 0.1) is 11.6 Å². The predicted molar refractivity (Wildman–Crippen MR) is 75.2 cm³/mol. The Hall–Kier alpha value is -2.15. The first kappa shape index (κ1) is 14.3. The number of aromatic carboxylic acids is 1. The Morgan fingerprint density at radius 3 is 2.40 bits per heavy atom. The Morgan fingerprint density at radius 2 is 1.80 bits per heavy atom. The number of nitrogens with two attached hydrogens (primary N) is 1. The summed E-state index contributed by atoms with van der Waals surface area (Å²) in [6, 6.07) is 6.43. The molecule has 0 aromatic heterocycles. The fourth-order valence-electron chi connectivity index (χ4n) is 1.66. The van der Waals surface area contributed by atoms with Crippen LogP contribution in [0.4, 0.5) is 25.8 Å². The highest BCUT2D eigenvalue weighted by Crippen LogP contribution is 2.29. The lowest BCUT2D eigenvalue weighted by Crippen LogP contribution is -2.09. The van der Waals surface area contributed by atoms with E-state index in [0.29, 0.717) is 4.47 Å². The van der Waals surface area contributed by atoms with Gasteiger partial charge >= 0.3 is 5.97 Å². The predicted octanol–water partition coefficient (Wildman–Crippen LogP) is 3.75. The van der Waals surface area contributed by atoms with Crippen LogP contribution in [0.2, 0.25) is 0 Å². The number of nitrogen functional groups attached to an aromatic ring is 1. The molecule has 4 N–H and O–H groups in total. The Bertz CT molecular complexity index is 692. The van der Waals surface area contributed by atoms with Gasteiger partial charge in [-0.1, -0.05) is 15.9 Å². The van der Waals surface area contributed by atoms with Gasteiger partial charge in [0.05, 0.1) is 17.1 Å². The van der Waals surface area contributed by atoms with E-state index in [9.17, 15) is 13.6 Å². The van der Waals surface area contributed by atoms with E-state index in [1.807, 2.05) is 0 Å². The molecule has 0 heterocycles. The van der Waals surface area contributed by atoms with Crippen molar-refractivity contribution in [1.29, 1.82) is 0 Å². The maximum atomic E-state index is 13.7. The first-order valence-corrected chi connectivity index (χ1v) is 6.23. The van der Waals surface area contributed by atoms with E-state index in [-0.39, 0.29) is 11.4 Å². The third kappa shape index (κ3) is 2.72. The topological polar surface area (TPSA) is 75.3 Å². The standard InChI is InChI=1S/C13H9BrF2N2O2/c14-6-1-3-9(8(16)5-6)18-10-4-2-7(15)12(17)11(10)13(19)20/h1-5,18H,17H2,(H,19,20). The molecule has 4 nitrogen and oxygen atoms in total. The lowest BCUT2D eigenvalue weighted by molar-refractivity contribution is 0.0698. The van der Waals surface area contributed by atoms with Gasteiger partial charge < -0.3 is 16.2 Å². The van der Waals surface area contributed by atoms with Gasteiger partial charge in [0.15, 0.2) is 0 Å². The Balaban J connectivity index is 2.48. The van der Waals surface area contributed by atoms with Crippen LogP contribution >= 0.6 is 15.9 Å². The molecule has 20 heavy (non-hydrogen) atoms. The minimum atomic E-state index is -1.40. The number of carboxylic acids is 1. The molecule has 0 amide bonds. The van der Waals surface area contributed by atoms with Gasteiger partial charge in [0.25, 0.3) is 0 Å². The summed E-state index contributed by atoms with van der Waals surface area (Å²) in [7, 11) is 0. The van der Waals surface area contributed by atoms with Crippen molar-refractivity contribution < 1.29 is 18.7 Å². The van der Waals surface area contributed by atoms with Gasteiger partial charge in [0.1, 0.15) is 17.2 Å². The van der Waals surface area contributed by atoms with Crippen LogP contribution in [0.25, 0.3) is 0 Å². The van der Waals surface area contributed by atoms with Gasteiger partial charge in [-0.2, -0.15) is 0 Å². The maximum absolute atomic E-state index is 13.7. The summed E-state index contributed by atoms with van der Waals surface area (Å²) in [5.41, 5.74) is 4.53. The first-order valence-electron chi connectivity index (χ1n) is 5.43. The SMILES string of the molecule is Nc1c(F)ccc(Nc2ccc(Br)cc2F)c1C(=O)O. The molecule has 0 saturated heterocycles. The van der Waals surface area contributed by atoms with E-state index in [2.05, 4.69) is 21.2 Å². The average Bonchev–Trinajstić information content (AvgIpc) is 2.36. The Morgan fingerprint density at radius 1 is 1.15 bits per heavy atom. The number of nitrogens with one attached hydrogen (secondary N) is 1. The van der Waals surface area contributed by atoms with Gasteiger partial charge in [-0.25, -0.2) is 13.6 Å². The summed E-state index contributed by atoms with van der Waals surface area (Å²) in [5, 5.41) is 11.7. The number of benzene rings is 2. The molecule has 0 radical (unpaired) electrons. The van der Waals surface area contributed by atoms with Crippen molar-refractivity contribution in [2.75, 3.05) is 11.1 Å². The fraction of sp³-hybridized carbons (Fsp3) is 0. The lowest BCUT2D eigenvalue weighted by atomic mass is 10.1.